The van der Waals surface area contributed by atoms with Gasteiger partial charge in [-0.05, 0) is 11.1 Å². The molecule has 5 amide bonds. The highest BCUT2D eigenvalue weighted by atomic mass is 35.6. The Balaban J connectivity index is 1.97. The highest BCUT2D eigenvalue weighted by Gasteiger charge is 2.37. The second-order valence-electron chi connectivity index (χ2n) is 5.59. The van der Waals surface area contributed by atoms with Crippen molar-refractivity contribution in [1.82, 2.24) is 15.5 Å². The number of benzene rings is 1. The van der Waals surface area contributed by atoms with Crippen LogP contribution in [0.15, 0.2) is 24.3 Å². The number of hydrogen-bond acceptors (Lipinski definition) is 4. The first-order valence-electron chi connectivity index (χ1n) is 7.41. The number of nitrogens with zero attached hydrogens (tertiary/aromatic N) is 1. The molecule has 0 bridgehead atoms. The van der Waals surface area contributed by atoms with Crippen LogP contribution in [0.2, 0.25) is 0 Å². The van der Waals surface area contributed by atoms with E-state index in [2.05, 4.69) is 10.6 Å². The summed E-state index contributed by atoms with van der Waals surface area (Å²) < 4.78 is -2.30. The number of nitrogens with two attached hydrogens (primary N) is 1. The molecule has 0 spiro atoms. The SMILES string of the molecule is NC(=O)N(Cc1ccc(CC(=O)NC2CNC2=O)cc1)C(=O)C(Cl)(Cl)Cl. The van der Waals surface area contributed by atoms with Gasteiger partial charge in [0.15, 0.2) is 0 Å². The standard InChI is InChI=1S/C15H15Cl3N4O4/c16-15(17,18)13(25)22(14(19)26)7-9-3-1-8(2-4-9)5-11(23)21-10-6-20-12(10)24/h1-4,10H,5-7H2,(H2,19,26)(H,20,24)(H,21,23). The Labute approximate surface area is 163 Å². The third-order valence-corrected chi connectivity index (χ3v) is 4.10. The zero-order chi connectivity index (χ0) is 19.5. The zero-order valence-corrected chi connectivity index (χ0v) is 15.6. The van der Waals surface area contributed by atoms with E-state index in [4.69, 9.17) is 40.5 Å². The molecule has 0 radical (unpaired) electrons. The predicted octanol–water partition coefficient (Wildman–Crippen LogP) is 0.621. The molecule has 0 aliphatic carbocycles. The molecule has 0 aromatic heterocycles. The van der Waals surface area contributed by atoms with Crippen LogP contribution < -0.4 is 16.4 Å². The van der Waals surface area contributed by atoms with Crippen LogP contribution in [0.25, 0.3) is 0 Å². The van der Waals surface area contributed by atoms with Crippen LogP contribution in [-0.4, -0.2) is 45.0 Å². The largest absolute Gasteiger partial charge is 0.352 e. The third kappa shape index (κ3) is 5.23. The van der Waals surface area contributed by atoms with E-state index < -0.39 is 21.8 Å². The van der Waals surface area contributed by atoms with Gasteiger partial charge < -0.3 is 16.4 Å². The molecule has 11 heteroatoms. The van der Waals surface area contributed by atoms with Crippen molar-refractivity contribution < 1.29 is 19.2 Å². The van der Waals surface area contributed by atoms with E-state index in [0.717, 1.165) is 0 Å². The van der Waals surface area contributed by atoms with Crippen LogP contribution in [0.4, 0.5) is 4.79 Å². The molecule has 1 unspecified atom stereocenters. The molecular formula is C15H15Cl3N4O4. The van der Waals surface area contributed by atoms with Gasteiger partial charge in [0, 0.05) is 6.54 Å². The van der Waals surface area contributed by atoms with Gasteiger partial charge >= 0.3 is 6.03 Å². The van der Waals surface area contributed by atoms with Gasteiger partial charge in [-0.1, -0.05) is 59.1 Å². The molecule has 140 valence electrons. The number of alkyl halides is 3. The quantitative estimate of drug-likeness (QED) is 0.476. The Morgan fingerprint density at radius 1 is 1.19 bits per heavy atom. The Hall–Kier alpha value is -2.03. The van der Waals surface area contributed by atoms with E-state index in [1.54, 1.807) is 24.3 Å². The number of hydrogen-bond donors (Lipinski definition) is 3. The van der Waals surface area contributed by atoms with Crippen LogP contribution in [0.1, 0.15) is 11.1 Å². The number of carbonyl (C=O) groups is 4. The second-order valence-corrected chi connectivity index (χ2v) is 7.87. The van der Waals surface area contributed by atoms with Crippen LogP contribution in [-0.2, 0) is 27.3 Å². The fourth-order valence-corrected chi connectivity index (χ4v) is 2.49. The monoisotopic (exact) mass is 420 g/mol. The zero-order valence-electron chi connectivity index (χ0n) is 13.3. The van der Waals surface area contributed by atoms with Gasteiger partial charge in [-0.15, -0.1) is 0 Å². The summed E-state index contributed by atoms with van der Waals surface area (Å²) in [6.45, 7) is 0.237. The molecule has 1 atom stereocenters. The lowest BCUT2D eigenvalue weighted by molar-refractivity contribution is -0.133. The van der Waals surface area contributed by atoms with Crippen LogP contribution in [0.3, 0.4) is 0 Å². The molecule has 2 rings (SSSR count). The maximum atomic E-state index is 11.9. The molecule has 8 nitrogen and oxygen atoms in total. The van der Waals surface area contributed by atoms with Crippen molar-refractivity contribution in [2.45, 2.75) is 22.8 Å². The summed E-state index contributed by atoms with van der Waals surface area (Å²) in [5.41, 5.74) is 6.39. The lowest BCUT2D eigenvalue weighted by Crippen LogP contribution is -2.61. The number of amides is 5. The van der Waals surface area contributed by atoms with Crippen molar-refractivity contribution in [2.75, 3.05) is 6.54 Å². The highest BCUT2D eigenvalue weighted by molar-refractivity contribution is 6.76. The van der Waals surface area contributed by atoms with E-state index in [0.29, 0.717) is 22.6 Å². The van der Waals surface area contributed by atoms with Gasteiger partial charge in [0.05, 0.1) is 13.0 Å². The molecule has 26 heavy (non-hydrogen) atoms. The second kappa shape index (κ2) is 8.11. The number of halogens is 3. The van der Waals surface area contributed by atoms with Crippen molar-refractivity contribution in [2.24, 2.45) is 5.73 Å². The van der Waals surface area contributed by atoms with Gasteiger partial charge in [0.1, 0.15) is 6.04 Å². The van der Waals surface area contributed by atoms with Crippen molar-refractivity contribution >= 4 is 58.6 Å². The van der Waals surface area contributed by atoms with Crippen molar-refractivity contribution in [3.63, 3.8) is 0 Å². The Bertz CT molecular complexity index is 733. The fraction of sp³-hybridized carbons (Fsp3) is 0.333. The van der Waals surface area contributed by atoms with E-state index in [1.165, 1.54) is 0 Å². The minimum absolute atomic E-state index is 0.0800. The molecule has 0 saturated carbocycles. The average molecular weight is 422 g/mol. The molecule has 4 N–H and O–H groups in total. The summed E-state index contributed by atoms with van der Waals surface area (Å²) in [4.78, 5) is 47.0. The number of carbonyl (C=O) groups excluding carboxylic acids is 4. The van der Waals surface area contributed by atoms with E-state index in [1.807, 2.05) is 0 Å². The third-order valence-electron chi connectivity index (χ3n) is 3.61. The van der Waals surface area contributed by atoms with E-state index >= 15 is 0 Å². The summed E-state index contributed by atoms with van der Waals surface area (Å²) in [6.07, 6.45) is 0.0800. The maximum absolute atomic E-state index is 11.9. The smallest absolute Gasteiger partial charge is 0.321 e. The van der Waals surface area contributed by atoms with Crippen molar-refractivity contribution in [3.05, 3.63) is 35.4 Å². The number of rotatable bonds is 5. The Kier molecular flexibility index (Phi) is 6.33. The Morgan fingerprint density at radius 3 is 2.19 bits per heavy atom. The number of primary amides is 1. The van der Waals surface area contributed by atoms with Crippen molar-refractivity contribution in [1.29, 1.82) is 0 Å². The predicted molar refractivity (Wildman–Crippen MR) is 95.5 cm³/mol. The minimum atomic E-state index is -2.30. The van der Waals surface area contributed by atoms with Gasteiger partial charge in [-0.2, -0.15) is 0 Å². The van der Waals surface area contributed by atoms with Crippen LogP contribution >= 0.6 is 34.8 Å². The fourth-order valence-electron chi connectivity index (χ4n) is 2.18. The normalized spacial score (nSPS) is 16.3. The number of urea groups is 1. The molecule has 1 heterocycles. The number of nitrogens with one attached hydrogen (secondary N) is 2. The molecule has 1 aromatic carbocycles. The summed E-state index contributed by atoms with van der Waals surface area (Å²) in [5.74, 6) is -1.56. The molecule has 1 aliphatic rings. The molecule has 1 aliphatic heterocycles. The summed E-state index contributed by atoms with van der Waals surface area (Å²) in [7, 11) is 0. The lowest BCUT2D eigenvalue weighted by atomic mass is 10.1. The Morgan fingerprint density at radius 2 is 1.77 bits per heavy atom. The van der Waals surface area contributed by atoms with Gasteiger partial charge in [0.25, 0.3) is 9.70 Å². The first kappa shape index (κ1) is 20.3. The molecule has 1 aromatic rings. The molecule has 1 fully saturated rings. The van der Waals surface area contributed by atoms with Crippen molar-refractivity contribution in [3.8, 4) is 0 Å². The summed E-state index contributed by atoms with van der Waals surface area (Å²) in [6, 6.07) is 4.98. The topological polar surface area (TPSA) is 122 Å². The molecule has 1 saturated heterocycles. The maximum Gasteiger partial charge on any atom is 0.321 e. The first-order valence-corrected chi connectivity index (χ1v) is 8.54. The van der Waals surface area contributed by atoms with Crippen LogP contribution in [0.5, 0.6) is 0 Å². The number of imide groups is 1. The van der Waals surface area contributed by atoms with Gasteiger partial charge in [-0.3, -0.25) is 19.3 Å². The number of β-lactam (4-membered cyclic amide) rings is 1. The van der Waals surface area contributed by atoms with Gasteiger partial charge in [0.2, 0.25) is 11.8 Å². The van der Waals surface area contributed by atoms with E-state index in [9.17, 15) is 19.2 Å². The first-order chi connectivity index (χ1) is 12.1. The van der Waals surface area contributed by atoms with Crippen LogP contribution in [0, 0.1) is 0 Å². The van der Waals surface area contributed by atoms with Gasteiger partial charge in [-0.25, -0.2) is 4.79 Å². The summed E-state index contributed by atoms with van der Waals surface area (Å²) in [5, 5.41) is 5.13. The minimum Gasteiger partial charge on any atom is -0.352 e. The van der Waals surface area contributed by atoms with E-state index in [-0.39, 0.29) is 24.8 Å². The highest BCUT2D eigenvalue weighted by Crippen LogP contribution is 2.29. The molecular weight excluding hydrogens is 407 g/mol. The lowest BCUT2D eigenvalue weighted by Gasteiger charge is -2.26. The average Bonchev–Trinajstić information content (AvgIpc) is 2.56. The summed E-state index contributed by atoms with van der Waals surface area (Å²) >= 11 is 16.5.